The molecule has 3 N–H and O–H groups in total. The van der Waals surface area contributed by atoms with Crippen molar-refractivity contribution in [1.82, 2.24) is 20.6 Å². The Balaban J connectivity index is 1.29. The molecule has 1 aromatic carbocycles. The van der Waals surface area contributed by atoms with Gasteiger partial charge < -0.3 is 25.3 Å². The Bertz CT molecular complexity index is 1040. The van der Waals surface area contributed by atoms with E-state index in [2.05, 4.69) is 74.8 Å². The number of hydrogen-bond acceptors (Lipinski definition) is 4. The summed E-state index contributed by atoms with van der Waals surface area (Å²) in [6.07, 6.45) is 5.16. The monoisotopic (exact) mass is 420 g/mol. The van der Waals surface area contributed by atoms with Crippen LogP contribution < -0.4 is 15.5 Å². The number of aryl methyl sites for hydroxylation is 1. The Kier molecular flexibility index (Phi) is 6.72. The molecule has 1 fully saturated rings. The second-order valence-corrected chi connectivity index (χ2v) is 8.06. The zero-order valence-electron chi connectivity index (χ0n) is 18.6. The van der Waals surface area contributed by atoms with Gasteiger partial charge in [0.05, 0.1) is 12.7 Å². The zero-order chi connectivity index (χ0) is 21.6. The van der Waals surface area contributed by atoms with Gasteiger partial charge in [-0.1, -0.05) is 18.2 Å². The number of para-hydroxylation sites is 1. The van der Waals surface area contributed by atoms with Gasteiger partial charge in [-0.25, -0.2) is 4.98 Å². The minimum Gasteiger partial charge on any atom is -0.375 e. The van der Waals surface area contributed by atoms with Crippen LogP contribution >= 0.6 is 0 Å². The number of benzene rings is 1. The molecule has 0 spiro atoms. The van der Waals surface area contributed by atoms with E-state index in [1.165, 1.54) is 27.6 Å². The van der Waals surface area contributed by atoms with Crippen molar-refractivity contribution < 1.29 is 4.74 Å². The molecule has 3 heterocycles. The van der Waals surface area contributed by atoms with Crippen LogP contribution in [-0.4, -0.2) is 55.3 Å². The van der Waals surface area contributed by atoms with Gasteiger partial charge in [-0.2, -0.15) is 0 Å². The Labute approximate surface area is 183 Å². The normalized spacial score (nSPS) is 17.2. The largest absolute Gasteiger partial charge is 0.375 e. The molecule has 2 aromatic heterocycles. The fraction of sp³-hybridized carbons (Fsp3) is 0.417. The molecule has 31 heavy (non-hydrogen) atoms. The molecule has 1 unspecified atom stereocenters. The first-order valence-corrected chi connectivity index (χ1v) is 11.0. The van der Waals surface area contributed by atoms with Crippen LogP contribution in [0.3, 0.4) is 0 Å². The maximum absolute atomic E-state index is 5.64. The molecule has 3 aromatic rings. The van der Waals surface area contributed by atoms with E-state index in [1.54, 1.807) is 7.05 Å². The topological polar surface area (TPSA) is 77.6 Å². The van der Waals surface area contributed by atoms with Crippen LogP contribution in [0.15, 0.2) is 47.7 Å². The fourth-order valence-electron chi connectivity index (χ4n) is 4.06. The van der Waals surface area contributed by atoms with Crippen molar-refractivity contribution in [1.29, 1.82) is 0 Å². The zero-order valence-corrected chi connectivity index (χ0v) is 18.6. The molecule has 1 atom stereocenters. The summed E-state index contributed by atoms with van der Waals surface area (Å²) in [6.45, 7) is 8.25. The predicted molar refractivity (Wildman–Crippen MR) is 127 cm³/mol. The number of H-pyrrole nitrogens is 1. The molecular weight excluding hydrogens is 388 g/mol. The molecule has 4 rings (SSSR count). The van der Waals surface area contributed by atoms with Gasteiger partial charge in [0.1, 0.15) is 5.82 Å². The molecular formula is C24H32N6O. The number of hydrogen-bond donors (Lipinski definition) is 3. The highest BCUT2D eigenvalue weighted by Gasteiger charge is 2.18. The second kappa shape index (κ2) is 9.83. The summed E-state index contributed by atoms with van der Waals surface area (Å²) in [5, 5.41) is 8.13. The Morgan fingerprint density at radius 3 is 3.06 bits per heavy atom. The lowest BCUT2D eigenvalue weighted by Gasteiger charge is -2.32. The third-order valence-electron chi connectivity index (χ3n) is 5.75. The van der Waals surface area contributed by atoms with Gasteiger partial charge in [0, 0.05) is 56.5 Å². The second-order valence-electron chi connectivity index (χ2n) is 8.06. The molecule has 0 radical (unpaired) electrons. The van der Waals surface area contributed by atoms with Crippen LogP contribution in [0.4, 0.5) is 5.82 Å². The highest BCUT2D eigenvalue weighted by atomic mass is 16.5. The smallest absolute Gasteiger partial charge is 0.191 e. The van der Waals surface area contributed by atoms with Crippen LogP contribution in [0.5, 0.6) is 0 Å². The maximum Gasteiger partial charge on any atom is 0.191 e. The van der Waals surface area contributed by atoms with Gasteiger partial charge >= 0.3 is 0 Å². The van der Waals surface area contributed by atoms with Crippen LogP contribution in [0.25, 0.3) is 10.9 Å². The van der Waals surface area contributed by atoms with E-state index in [0.717, 1.165) is 44.4 Å². The molecule has 1 aliphatic rings. The molecule has 7 nitrogen and oxygen atoms in total. The number of ether oxygens (including phenoxy) is 1. The molecule has 7 heteroatoms. The highest BCUT2D eigenvalue weighted by Crippen LogP contribution is 2.21. The van der Waals surface area contributed by atoms with Crippen molar-refractivity contribution in [3.05, 3.63) is 59.4 Å². The summed E-state index contributed by atoms with van der Waals surface area (Å²) in [4.78, 5) is 14.6. The van der Waals surface area contributed by atoms with E-state index >= 15 is 0 Å². The van der Waals surface area contributed by atoms with Gasteiger partial charge in [0.2, 0.25) is 0 Å². The van der Waals surface area contributed by atoms with E-state index in [9.17, 15) is 0 Å². The third-order valence-corrected chi connectivity index (χ3v) is 5.75. The fourth-order valence-corrected chi connectivity index (χ4v) is 4.06. The van der Waals surface area contributed by atoms with Crippen molar-refractivity contribution in [3.63, 3.8) is 0 Å². The molecule has 1 saturated heterocycles. The summed E-state index contributed by atoms with van der Waals surface area (Å²) in [5.74, 6) is 1.81. The minimum atomic E-state index is 0.237. The first kappa shape index (κ1) is 21.2. The van der Waals surface area contributed by atoms with Crippen molar-refractivity contribution >= 4 is 22.7 Å². The Morgan fingerprint density at radius 1 is 1.32 bits per heavy atom. The van der Waals surface area contributed by atoms with Crippen molar-refractivity contribution in [2.24, 2.45) is 4.99 Å². The molecule has 0 bridgehead atoms. The molecule has 0 amide bonds. The third kappa shape index (κ3) is 5.17. The summed E-state index contributed by atoms with van der Waals surface area (Å²) in [5.41, 5.74) is 5.00. The highest BCUT2D eigenvalue weighted by molar-refractivity contribution is 5.86. The van der Waals surface area contributed by atoms with Crippen LogP contribution in [0.1, 0.15) is 23.6 Å². The van der Waals surface area contributed by atoms with Gasteiger partial charge in [-0.15, -0.1) is 0 Å². The standard InChI is InChI=1S/C24H32N6O/c1-17-5-4-6-21-20(15-28-23(17)21)8-10-27-24(25-3)29-14-19-7-9-26-22(13-19)30-11-12-31-18(2)16-30/h4-7,9,13,15,18,28H,8,10-12,14,16H2,1-3H3,(H2,25,27,29). The van der Waals surface area contributed by atoms with Gasteiger partial charge in [0.15, 0.2) is 5.96 Å². The molecule has 0 aliphatic carbocycles. The van der Waals surface area contributed by atoms with Crippen molar-refractivity contribution in [3.8, 4) is 0 Å². The summed E-state index contributed by atoms with van der Waals surface area (Å²) < 4.78 is 5.64. The van der Waals surface area contributed by atoms with Crippen LogP contribution in [-0.2, 0) is 17.7 Å². The maximum atomic E-state index is 5.64. The molecule has 0 saturated carbocycles. The number of nitrogens with one attached hydrogen (secondary N) is 3. The number of aromatic nitrogens is 2. The number of fused-ring (bicyclic) bond motifs is 1. The van der Waals surface area contributed by atoms with E-state index in [0.29, 0.717) is 6.54 Å². The van der Waals surface area contributed by atoms with Gasteiger partial charge in [-0.05, 0) is 49.1 Å². The first-order chi connectivity index (χ1) is 15.1. The predicted octanol–water partition coefficient (Wildman–Crippen LogP) is 3.00. The first-order valence-electron chi connectivity index (χ1n) is 11.0. The summed E-state index contributed by atoms with van der Waals surface area (Å²) in [6, 6.07) is 10.6. The Morgan fingerprint density at radius 2 is 2.23 bits per heavy atom. The number of rotatable bonds is 6. The molecule has 164 valence electrons. The number of anilines is 1. The lowest BCUT2D eigenvalue weighted by atomic mass is 10.1. The number of aliphatic imine (C=N–C) groups is 1. The average Bonchev–Trinajstić information content (AvgIpc) is 3.21. The van der Waals surface area contributed by atoms with E-state index in [1.807, 2.05) is 12.3 Å². The number of morpholine rings is 1. The number of aromatic amines is 1. The van der Waals surface area contributed by atoms with Crippen molar-refractivity contribution in [2.75, 3.05) is 38.2 Å². The van der Waals surface area contributed by atoms with Gasteiger partial charge in [-0.3, -0.25) is 4.99 Å². The SMILES string of the molecule is CN=C(NCCc1c[nH]c2c(C)cccc12)NCc1ccnc(N2CCOC(C)C2)c1. The molecule has 1 aliphatic heterocycles. The summed E-state index contributed by atoms with van der Waals surface area (Å²) in [7, 11) is 1.80. The Hall–Kier alpha value is -3.06. The van der Waals surface area contributed by atoms with Gasteiger partial charge in [0.25, 0.3) is 0 Å². The van der Waals surface area contributed by atoms with E-state index in [-0.39, 0.29) is 6.10 Å². The lowest BCUT2D eigenvalue weighted by Crippen LogP contribution is -2.41. The number of pyridine rings is 1. The average molecular weight is 421 g/mol. The quantitative estimate of drug-likeness (QED) is 0.422. The van der Waals surface area contributed by atoms with E-state index in [4.69, 9.17) is 4.74 Å². The summed E-state index contributed by atoms with van der Waals surface area (Å²) >= 11 is 0. The van der Waals surface area contributed by atoms with Crippen LogP contribution in [0, 0.1) is 6.92 Å². The van der Waals surface area contributed by atoms with Crippen molar-refractivity contribution in [2.45, 2.75) is 32.9 Å². The lowest BCUT2D eigenvalue weighted by molar-refractivity contribution is 0.0529. The minimum absolute atomic E-state index is 0.237. The van der Waals surface area contributed by atoms with Crippen LogP contribution in [0.2, 0.25) is 0 Å². The number of guanidine groups is 1. The number of nitrogens with zero attached hydrogens (tertiary/aromatic N) is 3. The van der Waals surface area contributed by atoms with E-state index < -0.39 is 0 Å².